The van der Waals surface area contributed by atoms with Crippen molar-refractivity contribution in [3.63, 3.8) is 0 Å². The van der Waals surface area contributed by atoms with Crippen molar-refractivity contribution in [2.45, 2.75) is 12.8 Å². The topological polar surface area (TPSA) is 74.6 Å². The smallest absolute Gasteiger partial charge is 1.00 e. The van der Waals surface area contributed by atoms with Crippen molar-refractivity contribution in [2.24, 2.45) is 11.8 Å². The summed E-state index contributed by atoms with van der Waals surface area (Å²) in [6, 6.07) is 0. The van der Waals surface area contributed by atoms with Gasteiger partial charge in [-0.1, -0.05) is 12.2 Å². The molecule has 0 saturated carbocycles. The van der Waals surface area contributed by atoms with Gasteiger partial charge in [-0.2, -0.15) is 0 Å². The van der Waals surface area contributed by atoms with E-state index in [-0.39, 0.29) is 25.9 Å². The third kappa shape index (κ3) is 3.00. The summed E-state index contributed by atoms with van der Waals surface area (Å²) in [5, 5.41) is 17.3. The molecule has 0 aromatic carbocycles. The fraction of sp³-hybridized carbons (Fsp3) is 0.500. The molecule has 13 heavy (non-hydrogen) atoms. The van der Waals surface area contributed by atoms with E-state index in [1.54, 1.807) is 6.08 Å². The van der Waals surface area contributed by atoms with Crippen LogP contribution < -0.4 is 0 Å². The Morgan fingerprint density at radius 1 is 1.31 bits per heavy atom. The van der Waals surface area contributed by atoms with E-state index in [4.69, 9.17) is 10.2 Å². The van der Waals surface area contributed by atoms with Gasteiger partial charge in [-0.05, 0) is 12.8 Å². The quantitative estimate of drug-likeness (QED) is 0.500. The van der Waals surface area contributed by atoms with Crippen LogP contribution in [-0.4, -0.2) is 45.2 Å². The molecule has 0 amide bonds. The van der Waals surface area contributed by atoms with Crippen LogP contribution >= 0.6 is 0 Å². The van der Waals surface area contributed by atoms with Gasteiger partial charge in [0, 0.05) is 0 Å². The minimum atomic E-state index is -1.06. The van der Waals surface area contributed by atoms with Crippen LogP contribution in [0.4, 0.5) is 0 Å². The zero-order chi connectivity index (χ0) is 9.14. The summed E-state index contributed by atoms with van der Waals surface area (Å²) in [4.78, 5) is 21.1. The Bertz CT molecular complexity index is 245. The molecule has 0 bridgehead atoms. The van der Waals surface area contributed by atoms with Crippen LogP contribution in [0.3, 0.4) is 0 Å². The van der Waals surface area contributed by atoms with Crippen LogP contribution in [0, 0.1) is 11.8 Å². The third-order valence-corrected chi connectivity index (χ3v) is 2.02. The number of hydrogen-bond acceptors (Lipinski definition) is 2. The van der Waals surface area contributed by atoms with Gasteiger partial charge >= 0.3 is 35.0 Å². The van der Waals surface area contributed by atoms with Crippen molar-refractivity contribution < 1.29 is 22.7 Å². The molecule has 1 rings (SSSR count). The van der Waals surface area contributed by atoms with Gasteiger partial charge in [-0.3, -0.25) is 9.59 Å². The number of aliphatic carboxylic acids is 2. The second-order valence-electron chi connectivity index (χ2n) is 2.81. The molecule has 0 aromatic heterocycles. The molecule has 0 spiro atoms. The average Bonchev–Trinajstić information content (AvgIpc) is 2.04. The van der Waals surface area contributed by atoms with Gasteiger partial charge in [0.25, 0.3) is 0 Å². The Morgan fingerprint density at radius 2 is 1.92 bits per heavy atom. The summed E-state index contributed by atoms with van der Waals surface area (Å²) in [7, 11) is 0. The van der Waals surface area contributed by atoms with Crippen LogP contribution in [-0.2, 0) is 9.59 Å². The second kappa shape index (κ2) is 5.24. The largest absolute Gasteiger partial charge is 2.00 e. The van der Waals surface area contributed by atoms with E-state index in [1.165, 1.54) is 6.08 Å². The second-order valence-corrected chi connectivity index (χ2v) is 2.81. The SMILES string of the molecule is O=C(O)C1C=CCCC1C(=O)O.[H-].[H-].[Mg+2]. The Labute approximate surface area is 94.7 Å². The molecule has 0 radical (unpaired) electrons. The Morgan fingerprint density at radius 3 is 2.31 bits per heavy atom. The molecule has 0 saturated heterocycles. The van der Waals surface area contributed by atoms with Gasteiger partial charge < -0.3 is 13.1 Å². The zero-order valence-corrected chi connectivity index (χ0v) is 8.56. The molecule has 2 N–H and O–H groups in total. The van der Waals surface area contributed by atoms with E-state index < -0.39 is 23.8 Å². The van der Waals surface area contributed by atoms with Crippen molar-refractivity contribution in [1.29, 1.82) is 0 Å². The maximum absolute atomic E-state index is 10.6. The number of carboxylic acids is 2. The zero-order valence-electron chi connectivity index (χ0n) is 9.14. The number of allylic oxidation sites excluding steroid dienone is 1. The molecular formula is C8H12MgO4. The molecule has 2 unspecified atom stereocenters. The van der Waals surface area contributed by atoms with Crippen LogP contribution in [0.1, 0.15) is 15.7 Å². The predicted octanol–water partition coefficient (Wildman–Crippen LogP) is 0.582. The first-order chi connectivity index (χ1) is 5.63. The molecule has 4 nitrogen and oxygen atoms in total. The maximum atomic E-state index is 10.6. The van der Waals surface area contributed by atoms with E-state index in [2.05, 4.69) is 0 Å². The van der Waals surface area contributed by atoms with Crippen molar-refractivity contribution in [1.82, 2.24) is 0 Å². The van der Waals surface area contributed by atoms with E-state index in [9.17, 15) is 9.59 Å². The van der Waals surface area contributed by atoms with Crippen LogP contribution in [0.15, 0.2) is 12.2 Å². The summed E-state index contributed by atoms with van der Waals surface area (Å²) in [6.45, 7) is 0. The van der Waals surface area contributed by atoms with E-state index in [0.717, 1.165) is 0 Å². The van der Waals surface area contributed by atoms with Crippen LogP contribution in [0.25, 0.3) is 0 Å². The molecular weight excluding hydrogens is 184 g/mol. The van der Waals surface area contributed by atoms with Gasteiger partial charge in [0.15, 0.2) is 0 Å². The summed E-state index contributed by atoms with van der Waals surface area (Å²) in [6.07, 6.45) is 4.26. The first-order valence-electron chi connectivity index (χ1n) is 3.75. The molecule has 2 atom stereocenters. The fourth-order valence-electron chi connectivity index (χ4n) is 1.36. The average molecular weight is 196 g/mol. The standard InChI is InChI=1S/C8H10O4.Mg.2H/c9-7(10)5-3-1-2-4-6(5)8(11)12;;;/h1,3,5-6H,2,4H2,(H,9,10)(H,11,12);;;/q;+2;2*-1. The molecule has 0 heterocycles. The van der Waals surface area contributed by atoms with E-state index in [0.29, 0.717) is 12.8 Å². The molecule has 1 aliphatic rings. The summed E-state index contributed by atoms with van der Waals surface area (Å²) < 4.78 is 0. The summed E-state index contributed by atoms with van der Waals surface area (Å²) in [5.41, 5.74) is 0. The number of hydrogen-bond donors (Lipinski definition) is 2. The normalized spacial score (nSPS) is 26.2. The van der Waals surface area contributed by atoms with Crippen molar-refractivity contribution >= 4 is 35.0 Å². The number of carboxylic acid groups (broad SMARTS) is 2. The third-order valence-electron chi connectivity index (χ3n) is 2.02. The molecule has 5 heteroatoms. The first-order valence-corrected chi connectivity index (χ1v) is 3.75. The van der Waals surface area contributed by atoms with Gasteiger partial charge in [-0.15, -0.1) is 0 Å². The molecule has 0 aliphatic heterocycles. The molecule has 70 valence electrons. The minimum absolute atomic E-state index is 0. The van der Waals surface area contributed by atoms with Gasteiger partial charge in [0.05, 0.1) is 11.8 Å². The molecule has 1 aliphatic carbocycles. The monoisotopic (exact) mass is 196 g/mol. The fourth-order valence-corrected chi connectivity index (χ4v) is 1.36. The van der Waals surface area contributed by atoms with Gasteiger partial charge in [-0.25, -0.2) is 0 Å². The molecule has 0 aromatic rings. The van der Waals surface area contributed by atoms with Crippen LogP contribution in [0.5, 0.6) is 0 Å². The van der Waals surface area contributed by atoms with Crippen molar-refractivity contribution in [3.05, 3.63) is 12.2 Å². The van der Waals surface area contributed by atoms with Gasteiger partial charge in [0.2, 0.25) is 0 Å². The predicted molar refractivity (Wildman–Crippen MR) is 48.6 cm³/mol. The van der Waals surface area contributed by atoms with E-state index >= 15 is 0 Å². The number of carbonyl (C=O) groups is 2. The maximum Gasteiger partial charge on any atom is 2.00 e. The van der Waals surface area contributed by atoms with Gasteiger partial charge in [0.1, 0.15) is 0 Å². The minimum Gasteiger partial charge on any atom is -1.00 e. The van der Waals surface area contributed by atoms with Crippen molar-refractivity contribution in [2.75, 3.05) is 0 Å². The Hall–Kier alpha value is -0.554. The van der Waals surface area contributed by atoms with Crippen LogP contribution in [0.2, 0.25) is 0 Å². The Balaban J connectivity index is -0.000000480. The van der Waals surface area contributed by atoms with Crippen molar-refractivity contribution in [3.8, 4) is 0 Å². The Kier molecular flexibility index (Phi) is 5.01. The molecule has 0 fully saturated rings. The summed E-state index contributed by atoms with van der Waals surface area (Å²) in [5.74, 6) is -3.69. The number of rotatable bonds is 2. The first kappa shape index (κ1) is 12.4. The summed E-state index contributed by atoms with van der Waals surface area (Å²) >= 11 is 0. The van der Waals surface area contributed by atoms with E-state index in [1.807, 2.05) is 0 Å².